The first-order valence-corrected chi connectivity index (χ1v) is 50.5. The molecule has 0 spiro atoms. The highest BCUT2D eigenvalue weighted by Gasteiger charge is 2.31. The summed E-state index contributed by atoms with van der Waals surface area (Å²) in [6, 6.07) is 0. The summed E-state index contributed by atoms with van der Waals surface area (Å²) in [5, 5.41) is 10.7. The Bertz CT molecular complexity index is 2120. The molecule has 19 heteroatoms. The van der Waals surface area contributed by atoms with E-state index < -0.39 is 97.5 Å². The van der Waals surface area contributed by atoms with Gasteiger partial charge in [-0.2, -0.15) is 0 Å². The fourth-order valence-corrected chi connectivity index (χ4v) is 16.0. The maximum absolute atomic E-state index is 13.2. The van der Waals surface area contributed by atoms with Gasteiger partial charge in [-0.25, -0.2) is 9.13 Å². The number of unbranched alkanes of at least 4 members (excludes halogenated alkanes) is 60. The topological polar surface area (TPSA) is 237 Å². The Morgan fingerprint density at radius 3 is 0.685 bits per heavy atom. The molecule has 0 saturated carbocycles. The highest BCUT2D eigenvalue weighted by Crippen LogP contribution is 2.45. The molecule has 3 N–H and O–H groups in total. The zero-order valence-corrected chi connectivity index (χ0v) is 75.1. The van der Waals surface area contributed by atoms with Gasteiger partial charge in [-0.1, -0.05) is 446 Å². The van der Waals surface area contributed by atoms with Crippen LogP contribution in [0.2, 0.25) is 0 Å². The van der Waals surface area contributed by atoms with E-state index in [1.165, 1.54) is 315 Å². The van der Waals surface area contributed by atoms with E-state index in [2.05, 4.69) is 41.5 Å². The van der Waals surface area contributed by atoms with Gasteiger partial charge in [0.05, 0.1) is 26.4 Å². The number of carbonyl (C=O) groups is 4. The lowest BCUT2D eigenvalue weighted by Crippen LogP contribution is -2.30. The summed E-state index contributed by atoms with van der Waals surface area (Å²) in [6.07, 6.45) is 77.9. The summed E-state index contributed by atoms with van der Waals surface area (Å²) in [5.74, 6) is -0.402. The van der Waals surface area contributed by atoms with Gasteiger partial charge in [0.2, 0.25) is 0 Å². The van der Waals surface area contributed by atoms with Crippen LogP contribution in [0.15, 0.2) is 0 Å². The Balaban J connectivity index is 5.19. The number of rotatable bonds is 91. The molecular formula is C92H180O17P2. The van der Waals surface area contributed by atoms with Gasteiger partial charge in [0.25, 0.3) is 0 Å². The molecule has 0 aromatic carbocycles. The second-order valence-electron chi connectivity index (χ2n) is 33.8. The van der Waals surface area contributed by atoms with Gasteiger partial charge in [0, 0.05) is 25.7 Å². The van der Waals surface area contributed by atoms with Crippen LogP contribution in [0.5, 0.6) is 0 Å². The third-order valence-corrected chi connectivity index (χ3v) is 24.0. The third kappa shape index (κ3) is 84.3. The van der Waals surface area contributed by atoms with Gasteiger partial charge in [-0.05, 0) is 37.5 Å². The van der Waals surface area contributed by atoms with Crippen LogP contribution in [0, 0.1) is 11.8 Å². The molecule has 17 nitrogen and oxygen atoms in total. The summed E-state index contributed by atoms with van der Waals surface area (Å²) in [6.45, 7) is 9.80. The van der Waals surface area contributed by atoms with Crippen LogP contribution in [0.3, 0.4) is 0 Å². The van der Waals surface area contributed by atoms with E-state index in [1.54, 1.807) is 0 Å². The first kappa shape index (κ1) is 109. The van der Waals surface area contributed by atoms with Crippen molar-refractivity contribution in [2.75, 3.05) is 39.6 Å². The highest BCUT2D eigenvalue weighted by atomic mass is 31.2. The van der Waals surface area contributed by atoms with E-state index in [-0.39, 0.29) is 25.7 Å². The van der Waals surface area contributed by atoms with Crippen LogP contribution in [-0.4, -0.2) is 96.7 Å². The lowest BCUT2D eigenvalue weighted by atomic mass is 9.99. The number of hydrogen-bond acceptors (Lipinski definition) is 15. The van der Waals surface area contributed by atoms with Crippen LogP contribution in [0.25, 0.3) is 0 Å². The number of esters is 4. The molecular weight excluding hydrogens is 1440 g/mol. The van der Waals surface area contributed by atoms with E-state index in [0.717, 1.165) is 102 Å². The molecule has 0 aliphatic carbocycles. The number of ether oxygens (including phenoxy) is 4. The van der Waals surface area contributed by atoms with Gasteiger partial charge in [-0.15, -0.1) is 0 Å². The predicted octanol–water partition coefficient (Wildman–Crippen LogP) is 28.6. The molecule has 660 valence electrons. The summed E-state index contributed by atoms with van der Waals surface area (Å²) < 4.78 is 69.0. The van der Waals surface area contributed by atoms with Gasteiger partial charge in [-0.3, -0.25) is 37.3 Å². The maximum Gasteiger partial charge on any atom is 0.472 e. The maximum atomic E-state index is 13.2. The standard InChI is InChI=1S/C92H180O17P2/c1-7-10-12-14-16-18-19-20-21-22-23-31-36-41-46-52-58-64-70-76-91(96)108-87(80-102-89(94)74-68-62-56-48-17-15-13-11-8-2)82-106-110(98,99)104-78-86(93)79-105-111(100,101)107-83-88(81-103-90(95)75-69-63-57-51-45-40-35-30-26-24-28-33-38-43-49-54-60-66-72-84(4)5)109-92(97)77-71-65-59-53-47-42-37-32-27-25-29-34-39-44-50-55-61-67-73-85(6)9-3/h84-88,93H,7-83H2,1-6H3,(H,98,99)(H,100,101)/t85?,86-,87+,88+/m0/s1. The minimum atomic E-state index is -4.97. The Morgan fingerprint density at radius 1 is 0.261 bits per heavy atom. The largest absolute Gasteiger partial charge is 0.472 e. The minimum absolute atomic E-state index is 0.109. The van der Waals surface area contributed by atoms with E-state index in [4.69, 9.17) is 37.0 Å². The molecule has 0 saturated heterocycles. The van der Waals surface area contributed by atoms with Crippen molar-refractivity contribution in [3.8, 4) is 0 Å². The Labute approximate surface area is 683 Å². The number of phosphoric ester groups is 2. The molecule has 0 rings (SSSR count). The zero-order chi connectivity index (χ0) is 81.3. The third-order valence-electron chi connectivity index (χ3n) is 22.1. The molecule has 0 bridgehead atoms. The van der Waals surface area contributed by atoms with Crippen LogP contribution < -0.4 is 0 Å². The number of carbonyl (C=O) groups excluding carboxylic acids is 4. The number of aliphatic hydroxyl groups is 1. The SMILES string of the molecule is CCCCCCCCCCCCCCCCCCCCCC(=O)O[C@H](COC(=O)CCCCCCCCCCC)COP(=O)(O)OC[C@H](O)COP(=O)(O)OC[C@@H](COC(=O)CCCCCCCCCCCCCCCCCCCCC(C)C)OC(=O)CCCCCCCCCCCCCCCCCCCCC(C)CC. The minimum Gasteiger partial charge on any atom is -0.462 e. The number of hydrogen-bond donors (Lipinski definition) is 3. The van der Waals surface area contributed by atoms with Crippen LogP contribution in [0.4, 0.5) is 0 Å². The summed E-state index contributed by atoms with van der Waals surface area (Å²) >= 11 is 0. The van der Waals surface area contributed by atoms with Crippen molar-refractivity contribution in [2.45, 2.75) is 516 Å². The average molecular weight is 1620 g/mol. The molecule has 111 heavy (non-hydrogen) atoms. The summed E-state index contributed by atoms with van der Waals surface area (Å²) in [4.78, 5) is 73.4. The smallest absolute Gasteiger partial charge is 0.462 e. The predicted molar refractivity (Wildman–Crippen MR) is 460 cm³/mol. The second kappa shape index (κ2) is 83.1. The van der Waals surface area contributed by atoms with Crippen LogP contribution in [-0.2, 0) is 65.4 Å². The molecule has 0 aromatic heterocycles. The van der Waals surface area contributed by atoms with Gasteiger partial charge in [0.1, 0.15) is 19.3 Å². The molecule has 0 aliphatic heterocycles. The first-order chi connectivity index (χ1) is 53.9. The summed E-state index contributed by atoms with van der Waals surface area (Å²) in [7, 11) is -9.93. The molecule has 3 unspecified atom stereocenters. The fourth-order valence-electron chi connectivity index (χ4n) is 14.4. The second-order valence-corrected chi connectivity index (χ2v) is 36.7. The molecule has 0 fully saturated rings. The van der Waals surface area contributed by atoms with Crippen molar-refractivity contribution in [1.82, 2.24) is 0 Å². The normalized spacial score (nSPS) is 14.0. The molecule has 0 radical (unpaired) electrons. The lowest BCUT2D eigenvalue weighted by Gasteiger charge is -2.21. The highest BCUT2D eigenvalue weighted by molar-refractivity contribution is 7.47. The number of aliphatic hydroxyl groups excluding tert-OH is 1. The number of phosphoric acid groups is 2. The molecule has 6 atom stereocenters. The average Bonchev–Trinajstić information content (AvgIpc) is 0.898. The quantitative estimate of drug-likeness (QED) is 0.0222. The molecule has 0 aromatic rings. The monoisotopic (exact) mass is 1620 g/mol. The van der Waals surface area contributed by atoms with Crippen LogP contribution >= 0.6 is 15.6 Å². The van der Waals surface area contributed by atoms with Gasteiger partial charge < -0.3 is 33.8 Å². The van der Waals surface area contributed by atoms with E-state index in [1.807, 2.05) is 0 Å². The van der Waals surface area contributed by atoms with Crippen molar-refractivity contribution in [2.24, 2.45) is 11.8 Å². The fraction of sp³-hybridized carbons (Fsp3) is 0.957. The van der Waals surface area contributed by atoms with E-state index in [9.17, 15) is 43.2 Å². The van der Waals surface area contributed by atoms with Crippen molar-refractivity contribution < 1.29 is 80.2 Å². The molecule has 0 aliphatic rings. The van der Waals surface area contributed by atoms with Crippen molar-refractivity contribution >= 4 is 39.5 Å². The van der Waals surface area contributed by atoms with Crippen LogP contribution in [0.1, 0.15) is 497 Å². The van der Waals surface area contributed by atoms with E-state index in [0.29, 0.717) is 25.7 Å². The molecule has 0 heterocycles. The van der Waals surface area contributed by atoms with Crippen molar-refractivity contribution in [3.63, 3.8) is 0 Å². The zero-order valence-electron chi connectivity index (χ0n) is 73.3. The van der Waals surface area contributed by atoms with Gasteiger partial charge >= 0.3 is 39.5 Å². The first-order valence-electron chi connectivity index (χ1n) is 47.5. The van der Waals surface area contributed by atoms with Gasteiger partial charge in [0.15, 0.2) is 12.2 Å². The van der Waals surface area contributed by atoms with E-state index >= 15 is 0 Å². The lowest BCUT2D eigenvalue weighted by molar-refractivity contribution is -0.161. The van der Waals surface area contributed by atoms with Crippen molar-refractivity contribution in [3.05, 3.63) is 0 Å². The Morgan fingerprint density at radius 2 is 0.459 bits per heavy atom. The van der Waals surface area contributed by atoms with Crippen molar-refractivity contribution in [1.29, 1.82) is 0 Å². The molecule has 0 amide bonds. The Hall–Kier alpha value is -1.94. The Kier molecular flexibility index (Phi) is 81.7. The summed E-state index contributed by atoms with van der Waals surface area (Å²) in [5.41, 5.74) is 0.